The lowest BCUT2D eigenvalue weighted by molar-refractivity contribution is 0.313. The van der Waals surface area contributed by atoms with E-state index >= 15 is 0 Å². The van der Waals surface area contributed by atoms with E-state index < -0.39 is 0 Å². The van der Waals surface area contributed by atoms with Gasteiger partial charge in [-0.2, -0.15) is 9.78 Å². The quantitative estimate of drug-likeness (QED) is 0.324. The molecule has 1 N–H and O–H groups in total. The standard InChI is InChI=1S/C32H33N7O/c1-23-8-6-7-11-29(23)39-31(40)27-22-33-32(35-30(27)28(36-39)17-12-24-9-4-3-5-10-24)34-25-13-15-26(16-14-25)38-20-18-37(2)19-21-38/h3-11,13-16,22H,12,17-21H2,1-2H3,(H,33,34,35). The lowest BCUT2D eigenvalue weighted by Crippen LogP contribution is -2.44. The molecule has 3 aromatic carbocycles. The van der Waals surface area contributed by atoms with E-state index in [1.807, 2.05) is 61.5 Å². The molecule has 1 aliphatic rings. The Balaban J connectivity index is 1.33. The number of anilines is 3. The SMILES string of the molecule is Cc1ccccc1-n1nc(CCc2ccccc2)c2nc(Nc3ccc(N4CCN(C)CC4)cc3)ncc2c1=O. The van der Waals surface area contributed by atoms with Gasteiger partial charge in [-0.3, -0.25) is 4.79 Å². The summed E-state index contributed by atoms with van der Waals surface area (Å²) in [6, 6.07) is 26.4. The molecule has 0 atom stereocenters. The van der Waals surface area contributed by atoms with Crippen molar-refractivity contribution in [2.75, 3.05) is 43.4 Å². The number of hydrogen-bond acceptors (Lipinski definition) is 7. The van der Waals surface area contributed by atoms with Crippen molar-refractivity contribution in [3.05, 3.63) is 112 Å². The zero-order valence-electron chi connectivity index (χ0n) is 22.9. The van der Waals surface area contributed by atoms with Crippen LogP contribution in [-0.4, -0.2) is 57.9 Å². The maximum atomic E-state index is 13.6. The van der Waals surface area contributed by atoms with Gasteiger partial charge in [0.2, 0.25) is 5.95 Å². The molecule has 1 aliphatic heterocycles. The summed E-state index contributed by atoms with van der Waals surface area (Å²) in [6.07, 6.45) is 3.05. The predicted molar refractivity (Wildman–Crippen MR) is 161 cm³/mol. The third kappa shape index (κ3) is 5.44. The Kier molecular flexibility index (Phi) is 7.25. The fraction of sp³-hybridized carbons (Fsp3) is 0.250. The highest BCUT2D eigenvalue weighted by atomic mass is 16.1. The number of para-hydroxylation sites is 1. The lowest BCUT2D eigenvalue weighted by Gasteiger charge is -2.34. The largest absolute Gasteiger partial charge is 0.369 e. The van der Waals surface area contributed by atoms with Gasteiger partial charge < -0.3 is 15.1 Å². The van der Waals surface area contributed by atoms with Gasteiger partial charge in [0.1, 0.15) is 5.52 Å². The molecular weight excluding hydrogens is 498 g/mol. The van der Waals surface area contributed by atoms with Gasteiger partial charge in [-0.05, 0) is 68.3 Å². The van der Waals surface area contributed by atoms with Gasteiger partial charge in [-0.15, -0.1) is 0 Å². The molecule has 0 bridgehead atoms. The summed E-state index contributed by atoms with van der Waals surface area (Å²) in [6.45, 7) is 6.16. The summed E-state index contributed by atoms with van der Waals surface area (Å²) in [5.74, 6) is 0.440. The summed E-state index contributed by atoms with van der Waals surface area (Å²) in [7, 11) is 2.16. The number of aromatic nitrogens is 4. The number of fused-ring (bicyclic) bond motifs is 1. The van der Waals surface area contributed by atoms with Crippen LogP contribution in [0.15, 0.2) is 89.9 Å². The van der Waals surface area contributed by atoms with Crippen molar-refractivity contribution >= 4 is 28.2 Å². The molecule has 0 spiro atoms. The number of rotatable bonds is 7. The maximum absolute atomic E-state index is 13.6. The Morgan fingerprint density at radius 2 is 1.57 bits per heavy atom. The summed E-state index contributed by atoms with van der Waals surface area (Å²) >= 11 is 0. The molecule has 1 fully saturated rings. The van der Waals surface area contributed by atoms with Crippen molar-refractivity contribution in [2.24, 2.45) is 0 Å². The minimum atomic E-state index is -0.226. The van der Waals surface area contributed by atoms with E-state index in [-0.39, 0.29) is 5.56 Å². The van der Waals surface area contributed by atoms with Gasteiger partial charge in [0, 0.05) is 43.8 Å². The minimum absolute atomic E-state index is 0.226. The first-order chi connectivity index (χ1) is 19.5. The van der Waals surface area contributed by atoms with Crippen molar-refractivity contribution in [1.82, 2.24) is 24.6 Å². The summed E-state index contributed by atoms with van der Waals surface area (Å²) in [5, 5.41) is 8.62. The van der Waals surface area contributed by atoms with Gasteiger partial charge >= 0.3 is 0 Å². The summed E-state index contributed by atoms with van der Waals surface area (Å²) in [5.41, 5.74) is 6.17. The molecule has 40 heavy (non-hydrogen) atoms. The number of benzene rings is 3. The van der Waals surface area contributed by atoms with Gasteiger partial charge in [-0.1, -0.05) is 48.5 Å². The molecule has 0 radical (unpaired) electrons. The van der Waals surface area contributed by atoms with Gasteiger partial charge in [0.25, 0.3) is 5.56 Å². The number of likely N-dealkylation sites (N-methyl/N-ethyl adjacent to an activating group) is 1. The molecule has 0 amide bonds. The monoisotopic (exact) mass is 531 g/mol. The predicted octanol–water partition coefficient (Wildman–Crippen LogP) is 4.76. The first-order valence-corrected chi connectivity index (χ1v) is 13.7. The number of nitrogens with zero attached hydrogens (tertiary/aromatic N) is 6. The Morgan fingerprint density at radius 1 is 0.850 bits per heavy atom. The molecular formula is C32H33N7O. The summed E-state index contributed by atoms with van der Waals surface area (Å²) in [4.78, 5) is 27.7. The zero-order valence-corrected chi connectivity index (χ0v) is 22.9. The van der Waals surface area contributed by atoms with E-state index in [9.17, 15) is 4.79 Å². The maximum Gasteiger partial charge on any atom is 0.282 e. The lowest BCUT2D eigenvalue weighted by atomic mass is 10.1. The van der Waals surface area contributed by atoms with Crippen LogP contribution >= 0.6 is 0 Å². The molecule has 8 nitrogen and oxygen atoms in total. The van der Waals surface area contributed by atoms with E-state index in [4.69, 9.17) is 10.1 Å². The molecule has 1 saturated heterocycles. The molecule has 6 rings (SSSR count). The van der Waals surface area contributed by atoms with Crippen LogP contribution in [0, 0.1) is 6.92 Å². The van der Waals surface area contributed by atoms with E-state index in [2.05, 4.69) is 51.4 Å². The fourth-order valence-corrected chi connectivity index (χ4v) is 5.14. The van der Waals surface area contributed by atoms with Crippen molar-refractivity contribution in [2.45, 2.75) is 19.8 Å². The number of aryl methyl sites for hydroxylation is 3. The first-order valence-electron chi connectivity index (χ1n) is 13.7. The van der Waals surface area contributed by atoms with E-state index in [1.165, 1.54) is 15.9 Å². The summed E-state index contributed by atoms with van der Waals surface area (Å²) < 4.78 is 1.49. The molecule has 8 heteroatoms. The average molecular weight is 532 g/mol. The molecule has 2 aromatic heterocycles. The van der Waals surface area contributed by atoms with Crippen LogP contribution in [0.4, 0.5) is 17.3 Å². The highest BCUT2D eigenvalue weighted by molar-refractivity contribution is 5.80. The smallest absolute Gasteiger partial charge is 0.282 e. The van der Waals surface area contributed by atoms with Crippen LogP contribution in [0.2, 0.25) is 0 Å². The second-order valence-corrected chi connectivity index (χ2v) is 10.4. The Labute approximate surface area is 233 Å². The topological polar surface area (TPSA) is 79.2 Å². The number of nitrogens with one attached hydrogen (secondary N) is 1. The van der Waals surface area contributed by atoms with Gasteiger partial charge in [-0.25, -0.2) is 9.97 Å². The van der Waals surface area contributed by atoms with Crippen LogP contribution in [-0.2, 0) is 12.8 Å². The van der Waals surface area contributed by atoms with Gasteiger partial charge in [0.15, 0.2) is 0 Å². The Bertz CT molecular complexity index is 1670. The van der Waals surface area contributed by atoms with E-state index in [0.717, 1.165) is 55.2 Å². The second kappa shape index (κ2) is 11.3. The second-order valence-electron chi connectivity index (χ2n) is 10.4. The fourth-order valence-electron chi connectivity index (χ4n) is 5.14. The first kappa shape index (κ1) is 25.7. The molecule has 0 unspecified atom stereocenters. The molecule has 5 aromatic rings. The van der Waals surface area contributed by atoms with Crippen LogP contribution in [0.5, 0.6) is 0 Å². The Morgan fingerprint density at radius 3 is 2.33 bits per heavy atom. The highest BCUT2D eigenvalue weighted by Crippen LogP contribution is 2.23. The van der Waals surface area contributed by atoms with Crippen molar-refractivity contribution in [3.8, 4) is 5.69 Å². The van der Waals surface area contributed by atoms with Crippen LogP contribution in [0.25, 0.3) is 16.6 Å². The Hall–Kier alpha value is -4.56. The van der Waals surface area contributed by atoms with Crippen LogP contribution < -0.4 is 15.8 Å². The molecule has 3 heterocycles. The van der Waals surface area contributed by atoms with Crippen LogP contribution in [0.1, 0.15) is 16.8 Å². The van der Waals surface area contributed by atoms with Crippen molar-refractivity contribution in [1.29, 1.82) is 0 Å². The van der Waals surface area contributed by atoms with Crippen molar-refractivity contribution in [3.63, 3.8) is 0 Å². The zero-order chi connectivity index (χ0) is 27.5. The third-order valence-corrected chi connectivity index (χ3v) is 7.53. The normalized spacial score (nSPS) is 14.0. The third-order valence-electron chi connectivity index (χ3n) is 7.53. The molecule has 0 aliphatic carbocycles. The minimum Gasteiger partial charge on any atom is -0.369 e. The van der Waals surface area contributed by atoms with E-state index in [1.54, 1.807) is 6.20 Å². The van der Waals surface area contributed by atoms with Gasteiger partial charge in [0.05, 0.1) is 16.8 Å². The van der Waals surface area contributed by atoms with Crippen molar-refractivity contribution < 1.29 is 0 Å². The highest BCUT2D eigenvalue weighted by Gasteiger charge is 2.17. The van der Waals surface area contributed by atoms with Crippen LogP contribution in [0.3, 0.4) is 0 Å². The molecule has 202 valence electrons. The average Bonchev–Trinajstić information content (AvgIpc) is 2.99. The van der Waals surface area contributed by atoms with E-state index in [0.29, 0.717) is 23.3 Å². The number of hydrogen-bond donors (Lipinski definition) is 1. The molecule has 0 saturated carbocycles. The number of piperazine rings is 1.